The zero-order chi connectivity index (χ0) is 16.1. The Bertz CT molecular complexity index is 664. The predicted octanol–water partition coefficient (Wildman–Crippen LogP) is 2.17. The van der Waals surface area contributed by atoms with Crippen molar-refractivity contribution in [2.75, 3.05) is 18.1 Å². The van der Waals surface area contributed by atoms with E-state index in [4.69, 9.17) is 9.84 Å². The third-order valence-corrected chi connectivity index (χ3v) is 3.05. The zero-order valence-corrected chi connectivity index (χ0v) is 12.4. The Morgan fingerprint density at radius 1 is 1.27 bits per heavy atom. The summed E-state index contributed by atoms with van der Waals surface area (Å²) in [5.74, 6) is -0.797. The maximum absolute atomic E-state index is 12.4. The molecule has 2 N–H and O–H groups in total. The number of carboxylic acids is 1. The smallest absolute Gasteiger partial charge is 0.353 e. The van der Waals surface area contributed by atoms with Gasteiger partial charge in [-0.15, -0.1) is 0 Å². The molecular weight excluding hydrogens is 286 g/mol. The molecular formula is C15H17N3O4. The van der Waals surface area contributed by atoms with Crippen molar-refractivity contribution in [3.8, 4) is 5.75 Å². The molecule has 22 heavy (non-hydrogen) atoms. The first-order valence-electron chi connectivity index (χ1n) is 6.90. The summed E-state index contributed by atoms with van der Waals surface area (Å²) >= 11 is 0. The van der Waals surface area contributed by atoms with E-state index >= 15 is 0 Å². The van der Waals surface area contributed by atoms with Gasteiger partial charge in [0, 0.05) is 18.3 Å². The van der Waals surface area contributed by atoms with Crippen molar-refractivity contribution in [1.29, 1.82) is 0 Å². The summed E-state index contributed by atoms with van der Waals surface area (Å²) in [6.07, 6.45) is 0. The number of amides is 1. The van der Waals surface area contributed by atoms with Crippen LogP contribution in [0, 0.1) is 0 Å². The molecule has 0 aliphatic heterocycles. The van der Waals surface area contributed by atoms with Gasteiger partial charge in [0.1, 0.15) is 11.4 Å². The molecule has 2 aromatic rings. The van der Waals surface area contributed by atoms with E-state index in [-0.39, 0.29) is 17.3 Å². The SMILES string of the molecule is CCOc1ccc(N(CC)C(=O)c2cc(C(=O)O)[nH]n2)cc1. The molecule has 116 valence electrons. The number of ether oxygens (including phenoxy) is 1. The number of nitrogens with zero attached hydrogens (tertiary/aromatic N) is 2. The van der Waals surface area contributed by atoms with Crippen LogP contribution in [-0.2, 0) is 0 Å². The number of carbonyl (C=O) groups is 2. The number of carboxylic acid groups (broad SMARTS) is 1. The Labute approximate surface area is 127 Å². The van der Waals surface area contributed by atoms with Crippen LogP contribution in [0.5, 0.6) is 5.75 Å². The molecule has 0 saturated heterocycles. The number of anilines is 1. The number of aromatic nitrogens is 2. The number of nitrogens with one attached hydrogen (secondary N) is 1. The van der Waals surface area contributed by atoms with Gasteiger partial charge in [0.25, 0.3) is 5.91 Å². The van der Waals surface area contributed by atoms with Gasteiger partial charge in [0.2, 0.25) is 0 Å². The minimum Gasteiger partial charge on any atom is -0.494 e. The average Bonchev–Trinajstić information content (AvgIpc) is 3.00. The van der Waals surface area contributed by atoms with E-state index in [2.05, 4.69) is 10.2 Å². The maximum atomic E-state index is 12.4. The van der Waals surface area contributed by atoms with Gasteiger partial charge in [0.15, 0.2) is 5.69 Å². The minimum atomic E-state index is -1.16. The van der Waals surface area contributed by atoms with Gasteiger partial charge >= 0.3 is 5.97 Å². The summed E-state index contributed by atoms with van der Waals surface area (Å²) in [7, 11) is 0. The van der Waals surface area contributed by atoms with Gasteiger partial charge in [-0.05, 0) is 38.1 Å². The topological polar surface area (TPSA) is 95.5 Å². The van der Waals surface area contributed by atoms with E-state index in [1.54, 1.807) is 24.3 Å². The number of hydrogen-bond acceptors (Lipinski definition) is 4. The molecule has 0 atom stereocenters. The second kappa shape index (κ2) is 6.75. The van der Waals surface area contributed by atoms with Crippen LogP contribution in [0.15, 0.2) is 30.3 Å². The number of H-pyrrole nitrogens is 1. The molecule has 0 fully saturated rings. The lowest BCUT2D eigenvalue weighted by atomic mass is 10.2. The summed E-state index contributed by atoms with van der Waals surface area (Å²) in [5.41, 5.74) is 0.634. The number of carbonyl (C=O) groups excluding carboxylic acids is 1. The van der Waals surface area contributed by atoms with Crippen molar-refractivity contribution < 1.29 is 19.4 Å². The fourth-order valence-corrected chi connectivity index (χ4v) is 2.01. The molecule has 0 bridgehead atoms. The largest absolute Gasteiger partial charge is 0.494 e. The first-order valence-corrected chi connectivity index (χ1v) is 6.90. The van der Waals surface area contributed by atoms with Crippen LogP contribution < -0.4 is 9.64 Å². The second-order valence-electron chi connectivity index (χ2n) is 4.45. The van der Waals surface area contributed by atoms with Crippen molar-refractivity contribution in [2.45, 2.75) is 13.8 Å². The summed E-state index contributed by atoms with van der Waals surface area (Å²) in [4.78, 5) is 24.8. The fraction of sp³-hybridized carbons (Fsp3) is 0.267. The van der Waals surface area contributed by atoms with E-state index in [1.165, 1.54) is 11.0 Å². The molecule has 7 heteroatoms. The van der Waals surface area contributed by atoms with Crippen LogP contribution >= 0.6 is 0 Å². The Morgan fingerprint density at radius 3 is 2.45 bits per heavy atom. The van der Waals surface area contributed by atoms with E-state index in [9.17, 15) is 9.59 Å². The molecule has 1 heterocycles. The summed E-state index contributed by atoms with van der Waals surface area (Å²) in [6.45, 7) is 4.73. The normalized spacial score (nSPS) is 10.3. The lowest BCUT2D eigenvalue weighted by molar-refractivity contribution is 0.0690. The summed E-state index contributed by atoms with van der Waals surface area (Å²) in [5, 5.41) is 14.9. The molecule has 2 rings (SSSR count). The predicted molar refractivity (Wildman–Crippen MR) is 80.5 cm³/mol. The summed E-state index contributed by atoms with van der Waals surface area (Å²) in [6, 6.07) is 8.33. The molecule has 1 aromatic heterocycles. The second-order valence-corrected chi connectivity index (χ2v) is 4.45. The van der Waals surface area contributed by atoms with Gasteiger partial charge < -0.3 is 14.7 Å². The number of rotatable bonds is 6. The van der Waals surface area contributed by atoms with Crippen LogP contribution in [0.3, 0.4) is 0 Å². The van der Waals surface area contributed by atoms with E-state index in [0.717, 1.165) is 5.75 Å². The van der Waals surface area contributed by atoms with Gasteiger partial charge in [-0.2, -0.15) is 5.10 Å². The highest BCUT2D eigenvalue weighted by Crippen LogP contribution is 2.21. The van der Waals surface area contributed by atoms with E-state index in [1.807, 2.05) is 13.8 Å². The first-order chi connectivity index (χ1) is 10.6. The van der Waals surface area contributed by atoms with Crippen LogP contribution in [0.25, 0.3) is 0 Å². The standard InChI is InChI=1S/C15H17N3O4/c1-3-18(10-5-7-11(8-6-10)22-4-2)14(19)12-9-13(15(20)21)17-16-12/h5-9H,3-4H2,1-2H3,(H,16,17)(H,20,21). The monoisotopic (exact) mass is 303 g/mol. The zero-order valence-electron chi connectivity index (χ0n) is 12.4. The third-order valence-electron chi connectivity index (χ3n) is 3.05. The molecule has 0 aliphatic rings. The molecule has 0 spiro atoms. The molecule has 0 aliphatic carbocycles. The lowest BCUT2D eigenvalue weighted by Gasteiger charge is -2.20. The first kappa shape index (κ1) is 15.6. The van der Waals surface area contributed by atoms with Crippen molar-refractivity contribution in [3.05, 3.63) is 41.7 Å². The molecule has 1 aromatic carbocycles. The Hall–Kier alpha value is -2.83. The number of hydrogen-bond donors (Lipinski definition) is 2. The van der Waals surface area contributed by atoms with Crippen molar-refractivity contribution in [3.63, 3.8) is 0 Å². The maximum Gasteiger partial charge on any atom is 0.353 e. The fourth-order valence-electron chi connectivity index (χ4n) is 2.01. The van der Waals surface area contributed by atoms with E-state index < -0.39 is 5.97 Å². The Morgan fingerprint density at radius 2 is 1.95 bits per heavy atom. The highest BCUT2D eigenvalue weighted by Gasteiger charge is 2.20. The highest BCUT2D eigenvalue weighted by atomic mass is 16.5. The van der Waals surface area contributed by atoms with Crippen molar-refractivity contribution >= 4 is 17.6 Å². The van der Waals surface area contributed by atoms with Crippen molar-refractivity contribution in [2.24, 2.45) is 0 Å². The van der Waals surface area contributed by atoms with Crippen LogP contribution in [0.4, 0.5) is 5.69 Å². The number of benzene rings is 1. The number of aromatic amines is 1. The lowest BCUT2D eigenvalue weighted by Crippen LogP contribution is -2.30. The third kappa shape index (κ3) is 3.25. The van der Waals surface area contributed by atoms with Gasteiger partial charge in [-0.3, -0.25) is 9.89 Å². The van der Waals surface area contributed by atoms with Gasteiger partial charge in [-0.1, -0.05) is 0 Å². The molecule has 7 nitrogen and oxygen atoms in total. The average molecular weight is 303 g/mol. The van der Waals surface area contributed by atoms with Crippen LogP contribution in [0.2, 0.25) is 0 Å². The van der Waals surface area contributed by atoms with Crippen molar-refractivity contribution in [1.82, 2.24) is 10.2 Å². The molecule has 0 radical (unpaired) electrons. The Balaban J connectivity index is 2.22. The molecule has 0 saturated carbocycles. The minimum absolute atomic E-state index is 0.0631. The van der Waals surface area contributed by atoms with Gasteiger partial charge in [0.05, 0.1) is 6.61 Å². The summed E-state index contributed by atoms with van der Waals surface area (Å²) < 4.78 is 5.36. The van der Waals surface area contributed by atoms with Crippen LogP contribution in [0.1, 0.15) is 34.8 Å². The molecule has 0 unspecified atom stereocenters. The molecule has 1 amide bonds. The van der Waals surface area contributed by atoms with Gasteiger partial charge in [-0.25, -0.2) is 4.79 Å². The van der Waals surface area contributed by atoms with E-state index in [0.29, 0.717) is 18.8 Å². The quantitative estimate of drug-likeness (QED) is 0.852. The Kier molecular flexibility index (Phi) is 4.77. The highest BCUT2D eigenvalue weighted by molar-refractivity contribution is 6.05. The van der Waals surface area contributed by atoms with Crippen LogP contribution in [-0.4, -0.2) is 40.3 Å². The number of aromatic carboxylic acids is 1.